The molecule has 0 atom stereocenters. The molecule has 2 heterocycles. The molecule has 0 saturated heterocycles. The monoisotopic (exact) mass is 901 g/mol. The van der Waals surface area contributed by atoms with Crippen LogP contribution in [0.3, 0.4) is 0 Å². The highest BCUT2D eigenvalue weighted by Crippen LogP contribution is 2.42. The van der Waals surface area contributed by atoms with Crippen molar-refractivity contribution in [2.24, 2.45) is 0 Å². The van der Waals surface area contributed by atoms with Crippen molar-refractivity contribution in [3.8, 4) is 73.0 Å². The number of hydrogen-bond donors (Lipinski definition) is 0. The standard InChI is InChI=1S/C68H43N3/c1-3-16-49(17-4-1)68-69-63(51-36-40-66-62(42-51)59-25-13-14-26-65(59)71(66)52-19-5-2-6-20-52)43-64(70-68)58-39-38-54(56-23-11-12-24-57(56)58)47-31-27-44(28-32-47)45-29-33-48(34-30-45)67-55-22-10-8-18-50(55)41-61-53-21-9-7-15-46(53)35-37-60(61)67/h1-43H. The minimum absolute atomic E-state index is 0.695. The van der Waals surface area contributed by atoms with Crippen LogP contribution in [0.2, 0.25) is 0 Å². The first-order valence-electron chi connectivity index (χ1n) is 24.3. The summed E-state index contributed by atoms with van der Waals surface area (Å²) in [6.45, 7) is 0. The van der Waals surface area contributed by atoms with Crippen molar-refractivity contribution in [1.29, 1.82) is 0 Å². The molecule has 0 saturated carbocycles. The van der Waals surface area contributed by atoms with Gasteiger partial charge in [-0.25, -0.2) is 9.97 Å². The topological polar surface area (TPSA) is 30.7 Å². The van der Waals surface area contributed by atoms with Crippen LogP contribution in [0.5, 0.6) is 0 Å². The molecule has 330 valence electrons. The molecule has 14 rings (SSSR count). The first kappa shape index (κ1) is 40.6. The number of para-hydroxylation sites is 2. The highest BCUT2D eigenvalue weighted by atomic mass is 15.0. The zero-order valence-electron chi connectivity index (χ0n) is 38.7. The lowest BCUT2D eigenvalue weighted by molar-refractivity contribution is 1.18. The molecule has 12 aromatic carbocycles. The summed E-state index contributed by atoms with van der Waals surface area (Å²) in [5, 5.41) is 12.3. The fourth-order valence-electron chi connectivity index (χ4n) is 11.0. The Balaban J connectivity index is 0.831. The van der Waals surface area contributed by atoms with E-state index >= 15 is 0 Å². The molecule has 0 fully saturated rings. The maximum absolute atomic E-state index is 5.31. The van der Waals surface area contributed by atoms with E-state index in [1.165, 1.54) is 87.4 Å². The van der Waals surface area contributed by atoms with Gasteiger partial charge >= 0.3 is 0 Å². The van der Waals surface area contributed by atoms with Crippen molar-refractivity contribution in [2.75, 3.05) is 0 Å². The molecule has 0 amide bonds. The lowest BCUT2D eigenvalue weighted by Gasteiger charge is -2.15. The number of benzene rings is 12. The molecule has 14 aromatic rings. The number of fused-ring (bicyclic) bond motifs is 8. The Hall–Kier alpha value is -9.44. The Morgan fingerprint density at radius 3 is 1.56 bits per heavy atom. The highest BCUT2D eigenvalue weighted by molar-refractivity contribution is 6.20. The van der Waals surface area contributed by atoms with E-state index in [2.05, 4.69) is 259 Å². The summed E-state index contributed by atoms with van der Waals surface area (Å²) in [4.78, 5) is 10.6. The molecular formula is C68H43N3. The quantitative estimate of drug-likeness (QED) is 0.118. The molecule has 3 nitrogen and oxygen atoms in total. The van der Waals surface area contributed by atoms with E-state index in [0.717, 1.165) is 44.7 Å². The van der Waals surface area contributed by atoms with Crippen molar-refractivity contribution < 1.29 is 0 Å². The fourth-order valence-corrected chi connectivity index (χ4v) is 11.0. The summed E-state index contributed by atoms with van der Waals surface area (Å²) in [5.41, 5.74) is 15.5. The van der Waals surface area contributed by atoms with Crippen LogP contribution in [0.25, 0.3) is 138 Å². The van der Waals surface area contributed by atoms with Gasteiger partial charge in [0.2, 0.25) is 0 Å². The van der Waals surface area contributed by atoms with Gasteiger partial charge in [0.15, 0.2) is 5.82 Å². The van der Waals surface area contributed by atoms with Gasteiger partial charge in [-0.3, -0.25) is 0 Å². The lowest BCUT2D eigenvalue weighted by Crippen LogP contribution is -1.97. The molecule has 0 aliphatic rings. The van der Waals surface area contributed by atoms with Gasteiger partial charge in [0.1, 0.15) is 0 Å². The van der Waals surface area contributed by atoms with Crippen molar-refractivity contribution in [3.63, 3.8) is 0 Å². The number of hydrogen-bond acceptors (Lipinski definition) is 2. The Morgan fingerprint density at radius 2 is 0.803 bits per heavy atom. The van der Waals surface area contributed by atoms with Crippen LogP contribution >= 0.6 is 0 Å². The van der Waals surface area contributed by atoms with Gasteiger partial charge in [0, 0.05) is 33.2 Å². The maximum atomic E-state index is 5.31. The van der Waals surface area contributed by atoms with Gasteiger partial charge in [-0.1, -0.05) is 218 Å². The van der Waals surface area contributed by atoms with Crippen LogP contribution < -0.4 is 0 Å². The number of nitrogens with zero attached hydrogens (tertiary/aromatic N) is 3. The van der Waals surface area contributed by atoms with Crippen LogP contribution in [-0.2, 0) is 0 Å². The third-order valence-electron chi connectivity index (χ3n) is 14.4. The molecule has 0 bridgehead atoms. The zero-order valence-corrected chi connectivity index (χ0v) is 38.7. The van der Waals surface area contributed by atoms with Gasteiger partial charge in [-0.2, -0.15) is 0 Å². The summed E-state index contributed by atoms with van der Waals surface area (Å²) < 4.78 is 2.35. The Morgan fingerprint density at radius 1 is 0.254 bits per heavy atom. The van der Waals surface area contributed by atoms with E-state index in [1.807, 2.05) is 6.07 Å². The molecule has 0 aliphatic carbocycles. The van der Waals surface area contributed by atoms with E-state index in [4.69, 9.17) is 9.97 Å². The third-order valence-corrected chi connectivity index (χ3v) is 14.4. The summed E-state index contributed by atoms with van der Waals surface area (Å²) in [7, 11) is 0. The maximum Gasteiger partial charge on any atom is 0.160 e. The molecule has 2 aromatic heterocycles. The average molecular weight is 902 g/mol. The molecule has 0 aliphatic heterocycles. The largest absolute Gasteiger partial charge is 0.309 e. The van der Waals surface area contributed by atoms with Crippen molar-refractivity contribution in [2.45, 2.75) is 0 Å². The molecule has 0 unspecified atom stereocenters. The second-order valence-electron chi connectivity index (χ2n) is 18.5. The van der Waals surface area contributed by atoms with Crippen LogP contribution in [0.4, 0.5) is 0 Å². The van der Waals surface area contributed by atoms with Gasteiger partial charge in [0.05, 0.1) is 22.4 Å². The average Bonchev–Trinajstić information content (AvgIpc) is 3.78. The molecule has 0 spiro atoms. The van der Waals surface area contributed by atoms with Gasteiger partial charge < -0.3 is 4.57 Å². The number of rotatable bonds is 7. The molecule has 0 radical (unpaired) electrons. The summed E-state index contributed by atoms with van der Waals surface area (Å²) in [6, 6.07) is 94.2. The predicted molar refractivity (Wildman–Crippen MR) is 299 cm³/mol. The van der Waals surface area contributed by atoms with E-state index in [9.17, 15) is 0 Å². The van der Waals surface area contributed by atoms with Crippen molar-refractivity contribution >= 4 is 64.9 Å². The minimum Gasteiger partial charge on any atom is -0.309 e. The second kappa shape index (κ2) is 16.7. The highest BCUT2D eigenvalue weighted by Gasteiger charge is 2.18. The third kappa shape index (κ3) is 6.89. The van der Waals surface area contributed by atoms with Crippen LogP contribution in [0.15, 0.2) is 261 Å². The summed E-state index contributed by atoms with van der Waals surface area (Å²) >= 11 is 0. The first-order chi connectivity index (χ1) is 35.2. The Bertz CT molecular complexity index is 4360. The fraction of sp³-hybridized carbons (Fsp3) is 0. The minimum atomic E-state index is 0.695. The van der Waals surface area contributed by atoms with E-state index in [0.29, 0.717) is 5.82 Å². The van der Waals surface area contributed by atoms with Crippen molar-refractivity contribution in [1.82, 2.24) is 14.5 Å². The van der Waals surface area contributed by atoms with Gasteiger partial charge in [-0.15, -0.1) is 0 Å². The summed E-state index contributed by atoms with van der Waals surface area (Å²) in [6.07, 6.45) is 0. The smallest absolute Gasteiger partial charge is 0.160 e. The molecule has 71 heavy (non-hydrogen) atoms. The van der Waals surface area contributed by atoms with Crippen LogP contribution in [0.1, 0.15) is 0 Å². The second-order valence-corrected chi connectivity index (χ2v) is 18.5. The summed E-state index contributed by atoms with van der Waals surface area (Å²) in [5.74, 6) is 0.695. The van der Waals surface area contributed by atoms with E-state index < -0.39 is 0 Å². The molecule has 0 N–H and O–H groups in total. The van der Waals surface area contributed by atoms with E-state index in [1.54, 1.807) is 0 Å². The van der Waals surface area contributed by atoms with Crippen LogP contribution in [0, 0.1) is 0 Å². The number of aromatic nitrogens is 3. The molecule has 3 heteroatoms. The van der Waals surface area contributed by atoms with Gasteiger partial charge in [0.25, 0.3) is 0 Å². The van der Waals surface area contributed by atoms with E-state index in [-0.39, 0.29) is 0 Å². The predicted octanol–water partition coefficient (Wildman–Crippen LogP) is 18.2. The zero-order chi connectivity index (χ0) is 46.8. The van der Waals surface area contributed by atoms with Gasteiger partial charge in [-0.05, 0) is 119 Å². The normalized spacial score (nSPS) is 11.7. The lowest BCUT2D eigenvalue weighted by atomic mass is 9.89. The van der Waals surface area contributed by atoms with Crippen molar-refractivity contribution in [3.05, 3.63) is 261 Å². The first-order valence-corrected chi connectivity index (χ1v) is 24.3. The Kier molecular flexibility index (Phi) is 9.53. The SMILES string of the molecule is c1ccc(-c2nc(-c3ccc4c(c3)c3ccccc3n4-c3ccccc3)cc(-c3ccc(-c4ccc(-c5ccc(-c6c7ccccc7cc7c6ccc6ccccc67)cc5)cc4)c4ccccc34)n2)cc1. The molecular weight excluding hydrogens is 859 g/mol. The Labute approximate surface area is 411 Å². The van der Waals surface area contributed by atoms with Crippen LogP contribution in [-0.4, -0.2) is 14.5 Å².